The molecule has 0 fully saturated rings. The molecule has 15 heavy (non-hydrogen) atoms. The van der Waals surface area contributed by atoms with Crippen molar-refractivity contribution in [2.24, 2.45) is 0 Å². The van der Waals surface area contributed by atoms with Crippen LogP contribution in [0.1, 0.15) is 19.4 Å². The average molecular weight is 227 g/mol. The molecule has 2 nitrogen and oxygen atoms in total. The van der Waals surface area contributed by atoms with Gasteiger partial charge in [0.2, 0.25) is 0 Å². The minimum atomic E-state index is 0.445. The van der Waals surface area contributed by atoms with Crippen LogP contribution < -0.4 is 10.2 Å². The summed E-state index contributed by atoms with van der Waals surface area (Å²) >= 11 is 6.23. The minimum absolute atomic E-state index is 0.445. The van der Waals surface area contributed by atoms with Crippen molar-refractivity contribution in [1.82, 2.24) is 5.32 Å². The number of rotatable bonds is 4. The molecule has 0 aliphatic heterocycles. The van der Waals surface area contributed by atoms with Gasteiger partial charge in [-0.3, -0.25) is 0 Å². The van der Waals surface area contributed by atoms with Crippen molar-refractivity contribution in [3.05, 3.63) is 28.8 Å². The van der Waals surface area contributed by atoms with Crippen LogP contribution in [-0.2, 0) is 6.54 Å². The molecule has 0 atom stereocenters. The van der Waals surface area contributed by atoms with Gasteiger partial charge >= 0.3 is 0 Å². The summed E-state index contributed by atoms with van der Waals surface area (Å²) in [5.74, 6) is 0. The van der Waals surface area contributed by atoms with Crippen molar-refractivity contribution in [2.75, 3.05) is 19.0 Å². The number of nitrogens with one attached hydrogen (secondary N) is 1. The van der Waals surface area contributed by atoms with E-state index >= 15 is 0 Å². The molecule has 0 saturated heterocycles. The van der Waals surface area contributed by atoms with E-state index in [-0.39, 0.29) is 0 Å². The van der Waals surface area contributed by atoms with Crippen molar-refractivity contribution in [1.29, 1.82) is 0 Å². The minimum Gasteiger partial charge on any atom is -0.371 e. The smallest absolute Gasteiger partial charge is 0.0642 e. The molecule has 0 aromatic heterocycles. The van der Waals surface area contributed by atoms with E-state index in [1.807, 2.05) is 19.2 Å². The molecule has 0 aliphatic carbocycles. The Morgan fingerprint density at radius 1 is 1.40 bits per heavy atom. The molecule has 0 saturated carbocycles. The summed E-state index contributed by atoms with van der Waals surface area (Å²) in [6.45, 7) is 5.16. The van der Waals surface area contributed by atoms with Gasteiger partial charge in [0.25, 0.3) is 0 Å². The van der Waals surface area contributed by atoms with Crippen molar-refractivity contribution >= 4 is 17.3 Å². The van der Waals surface area contributed by atoms with Crippen LogP contribution in [0.2, 0.25) is 5.02 Å². The quantitative estimate of drug-likeness (QED) is 0.850. The summed E-state index contributed by atoms with van der Waals surface area (Å²) < 4.78 is 0. The van der Waals surface area contributed by atoms with Gasteiger partial charge < -0.3 is 10.2 Å². The molecule has 0 amide bonds. The monoisotopic (exact) mass is 226 g/mol. The third-order valence-electron chi connectivity index (χ3n) is 2.56. The molecule has 84 valence electrons. The van der Waals surface area contributed by atoms with Gasteiger partial charge in [-0.25, -0.2) is 0 Å². The predicted octanol–water partition coefficient (Wildman–Crippen LogP) is 2.90. The average Bonchev–Trinajstić information content (AvgIpc) is 2.17. The van der Waals surface area contributed by atoms with Crippen molar-refractivity contribution < 1.29 is 0 Å². The third kappa shape index (κ3) is 2.86. The van der Waals surface area contributed by atoms with E-state index in [9.17, 15) is 0 Å². The number of anilines is 1. The predicted molar refractivity (Wildman–Crippen MR) is 67.8 cm³/mol. The second-order valence-corrected chi connectivity index (χ2v) is 4.39. The highest BCUT2D eigenvalue weighted by atomic mass is 35.5. The molecular weight excluding hydrogens is 208 g/mol. The van der Waals surface area contributed by atoms with Crippen LogP contribution in [0.5, 0.6) is 0 Å². The number of hydrogen-bond acceptors (Lipinski definition) is 2. The van der Waals surface area contributed by atoms with Crippen molar-refractivity contribution in [3.8, 4) is 0 Å². The number of halogens is 1. The second kappa shape index (κ2) is 5.38. The molecule has 1 rings (SSSR count). The zero-order valence-corrected chi connectivity index (χ0v) is 10.6. The second-order valence-electron chi connectivity index (χ2n) is 3.98. The third-order valence-corrected chi connectivity index (χ3v) is 2.87. The molecule has 1 aromatic carbocycles. The molecule has 1 N–H and O–H groups in total. The Labute approximate surface area is 97.2 Å². The largest absolute Gasteiger partial charge is 0.371 e. The first-order valence-corrected chi connectivity index (χ1v) is 5.60. The maximum absolute atomic E-state index is 6.23. The number of para-hydroxylation sites is 1. The first-order valence-electron chi connectivity index (χ1n) is 5.22. The van der Waals surface area contributed by atoms with Gasteiger partial charge in [-0.1, -0.05) is 23.7 Å². The molecule has 1 aromatic rings. The van der Waals surface area contributed by atoms with E-state index in [1.165, 1.54) is 5.56 Å². The Balaban J connectivity index is 3.12. The summed E-state index contributed by atoms with van der Waals surface area (Å²) in [6.07, 6.45) is 0. The summed E-state index contributed by atoms with van der Waals surface area (Å²) in [6, 6.07) is 6.48. The zero-order chi connectivity index (χ0) is 11.4. The Bertz CT molecular complexity index is 323. The Hall–Kier alpha value is -0.730. The van der Waals surface area contributed by atoms with Crippen LogP contribution in [0, 0.1) is 0 Å². The number of nitrogens with zero attached hydrogens (tertiary/aromatic N) is 1. The zero-order valence-electron chi connectivity index (χ0n) is 9.84. The van der Waals surface area contributed by atoms with E-state index in [2.05, 4.69) is 37.2 Å². The van der Waals surface area contributed by atoms with E-state index < -0.39 is 0 Å². The summed E-state index contributed by atoms with van der Waals surface area (Å²) in [5, 5.41) is 3.98. The van der Waals surface area contributed by atoms with Crippen molar-refractivity contribution in [3.63, 3.8) is 0 Å². The van der Waals surface area contributed by atoms with Crippen LogP contribution >= 0.6 is 11.6 Å². The fourth-order valence-corrected chi connectivity index (χ4v) is 1.87. The fourth-order valence-electron chi connectivity index (χ4n) is 1.55. The summed E-state index contributed by atoms with van der Waals surface area (Å²) in [4.78, 5) is 2.20. The van der Waals surface area contributed by atoms with Crippen LogP contribution in [0.3, 0.4) is 0 Å². The van der Waals surface area contributed by atoms with Gasteiger partial charge in [0.15, 0.2) is 0 Å². The first-order chi connectivity index (χ1) is 7.07. The highest BCUT2D eigenvalue weighted by molar-refractivity contribution is 6.33. The van der Waals surface area contributed by atoms with E-state index in [0.717, 1.165) is 17.3 Å². The van der Waals surface area contributed by atoms with Gasteiger partial charge in [-0.15, -0.1) is 0 Å². The van der Waals surface area contributed by atoms with Gasteiger partial charge in [-0.2, -0.15) is 0 Å². The highest BCUT2D eigenvalue weighted by Crippen LogP contribution is 2.30. The van der Waals surface area contributed by atoms with Crippen molar-refractivity contribution in [2.45, 2.75) is 26.4 Å². The standard InChI is InChI=1S/C12H19ClN2/c1-9(2)15(4)12-10(8-14-3)6-5-7-11(12)13/h5-7,9,14H,8H2,1-4H3. The first kappa shape index (κ1) is 12.3. The van der Waals surface area contributed by atoms with Gasteiger partial charge in [0, 0.05) is 19.6 Å². The lowest BCUT2D eigenvalue weighted by molar-refractivity contribution is 0.739. The molecule has 0 radical (unpaired) electrons. The number of hydrogen-bond donors (Lipinski definition) is 1. The Morgan fingerprint density at radius 2 is 2.07 bits per heavy atom. The molecule has 0 aliphatic rings. The molecular formula is C12H19ClN2. The molecule has 3 heteroatoms. The van der Waals surface area contributed by atoms with Crippen LogP contribution in [-0.4, -0.2) is 20.1 Å². The topological polar surface area (TPSA) is 15.3 Å². The lowest BCUT2D eigenvalue weighted by atomic mass is 10.1. The van der Waals surface area contributed by atoms with Gasteiger partial charge in [-0.05, 0) is 32.5 Å². The highest BCUT2D eigenvalue weighted by Gasteiger charge is 2.13. The summed E-state index contributed by atoms with van der Waals surface area (Å²) in [7, 11) is 4.02. The van der Waals surface area contributed by atoms with Gasteiger partial charge in [0.05, 0.1) is 10.7 Å². The normalized spacial score (nSPS) is 10.8. The Kier molecular flexibility index (Phi) is 4.43. The van der Waals surface area contributed by atoms with Crippen LogP contribution in [0.25, 0.3) is 0 Å². The lowest BCUT2D eigenvalue weighted by Crippen LogP contribution is -2.27. The van der Waals surface area contributed by atoms with E-state index in [0.29, 0.717) is 6.04 Å². The molecule has 0 heterocycles. The Morgan fingerprint density at radius 3 is 2.60 bits per heavy atom. The van der Waals surface area contributed by atoms with E-state index in [1.54, 1.807) is 0 Å². The fraction of sp³-hybridized carbons (Fsp3) is 0.500. The maximum Gasteiger partial charge on any atom is 0.0642 e. The number of benzene rings is 1. The SMILES string of the molecule is CNCc1cccc(Cl)c1N(C)C(C)C. The van der Waals surface area contributed by atoms with E-state index in [4.69, 9.17) is 11.6 Å². The molecule has 0 spiro atoms. The molecule has 0 bridgehead atoms. The summed E-state index contributed by atoms with van der Waals surface area (Å²) in [5.41, 5.74) is 2.37. The van der Waals surface area contributed by atoms with Crippen LogP contribution in [0.15, 0.2) is 18.2 Å². The van der Waals surface area contributed by atoms with Crippen LogP contribution in [0.4, 0.5) is 5.69 Å². The van der Waals surface area contributed by atoms with Gasteiger partial charge in [0.1, 0.15) is 0 Å². The molecule has 0 unspecified atom stereocenters. The lowest BCUT2D eigenvalue weighted by Gasteiger charge is -2.27. The maximum atomic E-state index is 6.23.